The van der Waals surface area contributed by atoms with E-state index in [9.17, 15) is 23.1 Å². The molecule has 0 spiro atoms. The maximum Gasteiger partial charge on any atom is 0.401 e. The molecule has 0 aliphatic heterocycles. The van der Waals surface area contributed by atoms with Crippen LogP contribution in [0.5, 0.6) is 5.75 Å². The van der Waals surface area contributed by atoms with Crippen molar-refractivity contribution in [2.45, 2.75) is 13.1 Å². The molecule has 0 aliphatic carbocycles. The molecule has 1 amide bonds. The van der Waals surface area contributed by atoms with E-state index in [0.29, 0.717) is 5.69 Å². The van der Waals surface area contributed by atoms with E-state index in [0.717, 1.165) is 0 Å². The van der Waals surface area contributed by atoms with Gasteiger partial charge < -0.3 is 15.7 Å². The number of aryl methyl sites for hydroxylation is 1. The summed E-state index contributed by atoms with van der Waals surface area (Å²) in [5, 5.41) is 13.5. The summed E-state index contributed by atoms with van der Waals surface area (Å²) in [5.74, 6) is -1.04. The first-order valence-electron chi connectivity index (χ1n) is 5.02. The van der Waals surface area contributed by atoms with Crippen molar-refractivity contribution in [2.24, 2.45) is 0 Å². The molecular weight excluding hydrogens is 251 g/mol. The van der Waals surface area contributed by atoms with Gasteiger partial charge in [0.2, 0.25) is 5.91 Å². The Labute approximate surface area is 101 Å². The minimum absolute atomic E-state index is 0.0752. The molecule has 0 saturated carbocycles. The Hall–Kier alpha value is -1.83. The van der Waals surface area contributed by atoms with Gasteiger partial charge >= 0.3 is 6.18 Å². The van der Waals surface area contributed by atoms with Crippen molar-refractivity contribution in [1.29, 1.82) is 0 Å². The molecule has 5 nitrogen and oxygen atoms in total. The van der Waals surface area contributed by atoms with E-state index < -0.39 is 25.2 Å². The zero-order chi connectivity index (χ0) is 13.8. The summed E-state index contributed by atoms with van der Waals surface area (Å²) in [7, 11) is 0. The van der Waals surface area contributed by atoms with E-state index in [1.54, 1.807) is 6.92 Å². The zero-order valence-electron chi connectivity index (χ0n) is 9.51. The third-order valence-corrected chi connectivity index (χ3v) is 1.88. The molecule has 100 valence electrons. The van der Waals surface area contributed by atoms with Crippen LogP contribution in [-0.4, -0.2) is 35.3 Å². The molecule has 0 unspecified atom stereocenters. The predicted octanol–water partition coefficient (Wildman–Crippen LogP) is 1.19. The molecule has 0 radical (unpaired) electrons. The van der Waals surface area contributed by atoms with Gasteiger partial charge in [0.25, 0.3) is 0 Å². The van der Waals surface area contributed by atoms with Gasteiger partial charge in [-0.25, -0.2) is 4.98 Å². The molecule has 0 bridgehead atoms. The Morgan fingerprint density at radius 1 is 1.44 bits per heavy atom. The molecule has 0 aliphatic rings. The highest BCUT2D eigenvalue weighted by atomic mass is 19.4. The number of hydrogen-bond donors (Lipinski definition) is 3. The molecule has 1 aromatic heterocycles. The highest BCUT2D eigenvalue weighted by molar-refractivity contribution is 5.92. The average Bonchev–Trinajstić information content (AvgIpc) is 2.21. The lowest BCUT2D eigenvalue weighted by atomic mass is 10.3. The van der Waals surface area contributed by atoms with Crippen LogP contribution in [0.4, 0.5) is 19.0 Å². The predicted molar refractivity (Wildman–Crippen MR) is 58.2 cm³/mol. The van der Waals surface area contributed by atoms with Gasteiger partial charge in [0.15, 0.2) is 11.6 Å². The number of anilines is 1. The molecule has 18 heavy (non-hydrogen) atoms. The van der Waals surface area contributed by atoms with E-state index in [1.807, 2.05) is 5.32 Å². The molecule has 0 fully saturated rings. The molecule has 1 aromatic rings. The van der Waals surface area contributed by atoms with Gasteiger partial charge in [-0.2, -0.15) is 13.2 Å². The number of hydrogen-bond acceptors (Lipinski definition) is 4. The lowest BCUT2D eigenvalue weighted by Gasteiger charge is -2.09. The lowest BCUT2D eigenvalue weighted by Crippen LogP contribution is -2.35. The molecule has 0 atom stereocenters. The van der Waals surface area contributed by atoms with E-state index in [4.69, 9.17) is 0 Å². The number of nitrogens with zero attached hydrogens (tertiary/aromatic N) is 1. The molecule has 1 heterocycles. The Morgan fingerprint density at radius 2 is 2.11 bits per heavy atom. The molecule has 3 N–H and O–H groups in total. The van der Waals surface area contributed by atoms with Crippen LogP contribution >= 0.6 is 0 Å². The monoisotopic (exact) mass is 263 g/mol. The number of pyridine rings is 1. The topological polar surface area (TPSA) is 74.2 Å². The molecule has 0 aromatic carbocycles. The fourth-order valence-corrected chi connectivity index (χ4v) is 1.14. The second kappa shape index (κ2) is 5.67. The van der Waals surface area contributed by atoms with Gasteiger partial charge in [-0.1, -0.05) is 0 Å². The van der Waals surface area contributed by atoms with E-state index in [-0.39, 0.29) is 11.6 Å². The maximum absolute atomic E-state index is 11.8. The lowest BCUT2D eigenvalue weighted by molar-refractivity contribution is -0.127. The number of amides is 1. The number of aromatic nitrogens is 1. The minimum atomic E-state index is -4.37. The number of rotatable bonds is 4. The Morgan fingerprint density at radius 3 is 2.72 bits per heavy atom. The van der Waals surface area contributed by atoms with Gasteiger partial charge in [-0.15, -0.1) is 0 Å². The second-order valence-corrected chi connectivity index (χ2v) is 3.59. The summed E-state index contributed by atoms with van der Waals surface area (Å²) in [6, 6.07) is 2.87. The first kappa shape index (κ1) is 14.2. The first-order valence-corrected chi connectivity index (χ1v) is 5.02. The number of alkyl halides is 3. The van der Waals surface area contributed by atoms with Crippen molar-refractivity contribution in [1.82, 2.24) is 10.3 Å². The second-order valence-electron chi connectivity index (χ2n) is 3.59. The molecule has 0 saturated heterocycles. The maximum atomic E-state index is 11.8. The van der Waals surface area contributed by atoms with Crippen molar-refractivity contribution in [3.63, 3.8) is 0 Å². The van der Waals surface area contributed by atoms with Crippen LogP contribution in [0.15, 0.2) is 12.1 Å². The smallest absolute Gasteiger partial charge is 0.401 e. The Bertz CT molecular complexity index is 435. The van der Waals surface area contributed by atoms with Gasteiger partial charge in [-0.05, 0) is 19.1 Å². The van der Waals surface area contributed by atoms with E-state index in [1.165, 1.54) is 12.1 Å². The quantitative estimate of drug-likeness (QED) is 0.762. The largest absolute Gasteiger partial charge is 0.504 e. The number of halogens is 3. The number of aromatic hydroxyl groups is 1. The van der Waals surface area contributed by atoms with Crippen LogP contribution in [0, 0.1) is 6.92 Å². The van der Waals surface area contributed by atoms with Crippen molar-refractivity contribution < 1.29 is 23.1 Å². The fraction of sp³-hybridized carbons (Fsp3) is 0.400. The third-order valence-electron chi connectivity index (χ3n) is 1.88. The third kappa shape index (κ3) is 5.00. The Balaban J connectivity index is 2.47. The van der Waals surface area contributed by atoms with E-state index in [2.05, 4.69) is 10.3 Å². The molecule has 1 rings (SSSR count). The normalized spacial score (nSPS) is 11.3. The van der Waals surface area contributed by atoms with Crippen molar-refractivity contribution >= 4 is 11.7 Å². The van der Waals surface area contributed by atoms with E-state index >= 15 is 0 Å². The summed E-state index contributed by atoms with van der Waals surface area (Å²) >= 11 is 0. The fourth-order valence-electron chi connectivity index (χ4n) is 1.14. The summed E-state index contributed by atoms with van der Waals surface area (Å²) in [6.07, 6.45) is -4.37. The summed E-state index contributed by atoms with van der Waals surface area (Å²) in [6.45, 7) is -0.126. The van der Waals surface area contributed by atoms with Crippen LogP contribution in [0.25, 0.3) is 0 Å². The van der Waals surface area contributed by atoms with Crippen molar-refractivity contribution in [3.8, 4) is 5.75 Å². The van der Waals surface area contributed by atoms with Crippen molar-refractivity contribution in [3.05, 3.63) is 17.8 Å². The van der Waals surface area contributed by atoms with Gasteiger partial charge in [0.05, 0.1) is 13.1 Å². The molecular formula is C10H12F3N3O2. The SMILES string of the molecule is Cc1ccc(O)c(NC(=O)CNCC(F)(F)F)n1. The summed E-state index contributed by atoms with van der Waals surface area (Å²) < 4.78 is 35.4. The van der Waals surface area contributed by atoms with Gasteiger partial charge in [-0.3, -0.25) is 4.79 Å². The average molecular weight is 263 g/mol. The van der Waals surface area contributed by atoms with Crippen LogP contribution in [0.1, 0.15) is 5.69 Å². The standard InChI is InChI=1S/C10H12F3N3O2/c1-6-2-3-7(17)9(15-6)16-8(18)4-14-5-10(11,12)13/h2-3,14,17H,4-5H2,1H3,(H,15,16,18). The zero-order valence-corrected chi connectivity index (χ0v) is 9.51. The molecule has 8 heteroatoms. The highest BCUT2D eigenvalue weighted by Gasteiger charge is 2.26. The van der Waals surface area contributed by atoms with Crippen LogP contribution in [-0.2, 0) is 4.79 Å². The van der Waals surface area contributed by atoms with Crippen LogP contribution < -0.4 is 10.6 Å². The number of nitrogens with one attached hydrogen (secondary N) is 2. The Kier molecular flexibility index (Phi) is 4.49. The highest BCUT2D eigenvalue weighted by Crippen LogP contribution is 2.19. The number of carbonyl (C=O) groups excluding carboxylic acids is 1. The van der Waals surface area contributed by atoms with Crippen molar-refractivity contribution in [2.75, 3.05) is 18.4 Å². The van der Waals surface area contributed by atoms with Crippen LogP contribution in [0.3, 0.4) is 0 Å². The first-order chi connectivity index (χ1) is 8.28. The summed E-state index contributed by atoms with van der Waals surface area (Å²) in [5.41, 5.74) is 0.561. The van der Waals surface area contributed by atoms with Gasteiger partial charge in [0, 0.05) is 5.69 Å². The number of carbonyl (C=O) groups is 1. The minimum Gasteiger partial charge on any atom is -0.504 e. The van der Waals surface area contributed by atoms with Crippen LogP contribution in [0.2, 0.25) is 0 Å². The van der Waals surface area contributed by atoms with Gasteiger partial charge in [0.1, 0.15) is 0 Å². The summed E-state index contributed by atoms with van der Waals surface area (Å²) in [4.78, 5) is 15.1.